The Morgan fingerprint density at radius 3 is 2.21 bits per heavy atom. The van der Waals surface area contributed by atoms with E-state index < -0.39 is 17.7 Å². The number of aromatic amines is 1. The third-order valence-electron chi connectivity index (χ3n) is 5.87. The van der Waals surface area contributed by atoms with Crippen LogP contribution in [0.5, 0.6) is 5.75 Å². The molecule has 0 saturated carbocycles. The van der Waals surface area contributed by atoms with E-state index in [1.54, 1.807) is 12.1 Å². The van der Waals surface area contributed by atoms with Crippen LogP contribution in [0.25, 0.3) is 10.8 Å². The first kappa shape index (κ1) is 23.5. The molecule has 172 valence electrons. The number of nitrogens with one attached hydrogen (secondary N) is 1. The molecule has 3 aromatic carbocycles. The van der Waals surface area contributed by atoms with Gasteiger partial charge in [0.2, 0.25) is 0 Å². The van der Waals surface area contributed by atoms with Crippen LogP contribution in [0.2, 0.25) is 10.0 Å². The van der Waals surface area contributed by atoms with Gasteiger partial charge in [-0.15, -0.1) is 0 Å². The van der Waals surface area contributed by atoms with Gasteiger partial charge in [-0.25, -0.2) is 0 Å². The molecule has 1 heterocycles. The Hall–Kier alpha value is -2.70. The topological polar surface area (TPSA) is 48.9 Å². The van der Waals surface area contributed by atoms with Crippen molar-refractivity contribution in [1.29, 1.82) is 0 Å². The molecule has 0 radical (unpaired) electrons. The van der Waals surface area contributed by atoms with E-state index in [0.717, 1.165) is 39.9 Å². The molecular weight excluding hydrogens is 472 g/mol. The summed E-state index contributed by atoms with van der Waals surface area (Å²) in [6, 6.07) is 12.6. The number of hydrogen-bond donors (Lipinski definition) is 2. The third kappa shape index (κ3) is 4.18. The number of H-pyrrole nitrogens is 1. The molecule has 1 unspecified atom stereocenters. The van der Waals surface area contributed by atoms with Crippen LogP contribution in [0, 0.1) is 0 Å². The number of aromatic nitrogens is 2. The second-order valence-electron chi connectivity index (χ2n) is 7.77. The molecule has 0 amide bonds. The van der Waals surface area contributed by atoms with Crippen LogP contribution in [0.1, 0.15) is 53.4 Å². The molecule has 8 heteroatoms. The number of alkyl halides is 3. The number of aromatic hydroxyl groups is 1. The maximum Gasteiger partial charge on any atom is 0.416 e. The van der Waals surface area contributed by atoms with Crippen LogP contribution in [-0.2, 0) is 19.0 Å². The van der Waals surface area contributed by atoms with Crippen molar-refractivity contribution in [2.75, 3.05) is 0 Å². The van der Waals surface area contributed by atoms with Gasteiger partial charge in [0.05, 0.1) is 11.3 Å². The SMILES string of the molecule is CCc1n[nH]c(CC)c1C(c1c(Cl)cc(C(F)(F)F)cc1Cl)c1c(O)ccc2ccccc12. The van der Waals surface area contributed by atoms with Gasteiger partial charge in [0.15, 0.2) is 0 Å². The number of fused-ring (bicyclic) bond motifs is 1. The summed E-state index contributed by atoms with van der Waals surface area (Å²) in [7, 11) is 0. The van der Waals surface area contributed by atoms with Gasteiger partial charge in [-0.05, 0) is 41.8 Å². The fraction of sp³-hybridized carbons (Fsp3) is 0.240. The van der Waals surface area contributed by atoms with E-state index in [0.29, 0.717) is 24.0 Å². The highest BCUT2D eigenvalue weighted by atomic mass is 35.5. The van der Waals surface area contributed by atoms with Crippen molar-refractivity contribution in [2.45, 2.75) is 38.8 Å². The van der Waals surface area contributed by atoms with E-state index in [4.69, 9.17) is 23.2 Å². The van der Waals surface area contributed by atoms with Gasteiger partial charge in [0, 0.05) is 38.3 Å². The monoisotopic (exact) mass is 492 g/mol. The molecule has 0 aliphatic carbocycles. The number of aryl methyl sites for hydroxylation is 2. The summed E-state index contributed by atoms with van der Waals surface area (Å²) in [6.07, 6.45) is -3.42. The average molecular weight is 493 g/mol. The maximum atomic E-state index is 13.4. The number of hydrogen-bond acceptors (Lipinski definition) is 2. The van der Waals surface area contributed by atoms with Crippen molar-refractivity contribution in [2.24, 2.45) is 0 Å². The Bertz CT molecular complexity index is 1290. The summed E-state index contributed by atoms with van der Waals surface area (Å²) in [5.74, 6) is -0.738. The molecule has 4 aromatic rings. The maximum absolute atomic E-state index is 13.4. The molecule has 0 fully saturated rings. The minimum atomic E-state index is -4.60. The summed E-state index contributed by atoms with van der Waals surface area (Å²) in [5.41, 5.74) is 2.18. The Kier molecular flexibility index (Phi) is 6.34. The van der Waals surface area contributed by atoms with Gasteiger partial charge in [0.1, 0.15) is 5.75 Å². The standard InChI is InChI=1S/C25H21Cl2F3N2O/c1-3-18-23(19(4-2)32-31-18)24(21-15-8-6-5-7-13(15)9-10-20(21)33)22-16(26)11-14(12-17(22)27)25(28,29)30/h5-12,24,33H,3-4H2,1-2H3,(H,31,32). The van der Waals surface area contributed by atoms with Crippen molar-refractivity contribution < 1.29 is 18.3 Å². The van der Waals surface area contributed by atoms with Crippen LogP contribution < -0.4 is 0 Å². The predicted molar refractivity (Wildman–Crippen MR) is 125 cm³/mol. The van der Waals surface area contributed by atoms with Crippen molar-refractivity contribution >= 4 is 34.0 Å². The van der Waals surface area contributed by atoms with Gasteiger partial charge in [-0.2, -0.15) is 18.3 Å². The van der Waals surface area contributed by atoms with Crippen LogP contribution in [0.4, 0.5) is 13.2 Å². The van der Waals surface area contributed by atoms with Gasteiger partial charge >= 0.3 is 6.18 Å². The van der Waals surface area contributed by atoms with E-state index >= 15 is 0 Å². The van der Waals surface area contributed by atoms with E-state index in [9.17, 15) is 18.3 Å². The first-order chi connectivity index (χ1) is 15.7. The molecule has 3 nitrogen and oxygen atoms in total. The molecule has 0 spiro atoms. The fourth-order valence-electron chi connectivity index (χ4n) is 4.35. The lowest BCUT2D eigenvalue weighted by Gasteiger charge is -2.25. The molecule has 0 bridgehead atoms. The summed E-state index contributed by atoms with van der Waals surface area (Å²) < 4.78 is 40.2. The highest BCUT2D eigenvalue weighted by molar-refractivity contribution is 6.36. The van der Waals surface area contributed by atoms with Crippen molar-refractivity contribution in [1.82, 2.24) is 10.2 Å². The second kappa shape index (κ2) is 8.92. The van der Waals surface area contributed by atoms with E-state index in [1.807, 2.05) is 38.1 Å². The molecule has 33 heavy (non-hydrogen) atoms. The van der Waals surface area contributed by atoms with Crippen LogP contribution in [0.15, 0.2) is 48.5 Å². The normalized spacial score (nSPS) is 12.9. The van der Waals surface area contributed by atoms with Crippen molar-refractivity contribution in [3.8, 4) is 5.75 Å². The first-order valence-corrected chi connectivity index (χ1v) is 11.3. The van der Waals surface area contributed by atoms with Gasteiger partial charge in [-0.3, -0.25) is 5.10 Å². The summed E-state index contributed by atoms with van der Waals surface area (Å²) in [6.45, 7) is 3.89. The minimum absolute atomic E-state index is 0.00367. The number of phenols is 1. The number of halogens is 5. The van der Waals surface area contributed by atoms with E-state index in [1.165, 1.54) is 0 Å². The third-order valence-corrected chi connectivity index (χ3v) is 6.50. The van der Waals surface area contributed by atoms with E-state index in [2.05, 4.69) is 10.2 Å². The van der Waals surface area contributed by atoms with Crippen LogP contribution >= 0.6 is 23.2 Å². The second-order valence-corrected chi connectivity index (χ2v) is 8.59. The molecule has 4 rings (SSSR count). The van der Waals surface area contributed by atoms with Gasteiger partial charge in [-0.1, -0.05) is 67.4 Å². The number of nitrogens with zero attached hydrogens (tertiary/aromatic N) is 1. The largest absolute Gasteiger partial charge is 0.508 e. The van der Waals surface area contributed by atoms with Crippen molar-refractivity contribution in [3.63, 3.8) is 0 Å². The fourth-order valence-corrected chi connectivity index (χ4v) is 5.06. The van der Waals surface area contributed by atoms with Crippen molar-refractivity contribution in [3.05, 3.63) is 92.2 Å². The molecule has 0 saturated heterocycles. The minimum Gasteiger partial charge on any atom is -0.508 e. The Labute approximate surface area is 199 Å². The molecule has 1 atom stereocenters. The van der Waals surface area contributed by atoms with Crippen LogP contribution in [0.3, 0.4) is 0 Å². The molecule has 0 aliphatic rings. The number of benzene rings is 3. The summed E-state index contributed by atoms with van der Waals surface area (Å²) in [5, 5.41) is 19.9. The number of phenolic OH excluding ortho intramolecular Hbond substituents is 1. The van der Waals surface area contributed by atoms with E-state index in [-0.39, 0.29) is 15.8 Å². The Morgan fingerprint density at radius 1 is 0.939 bits per heavy atom. The predicted octanol–water partition coefficient (Wildman–Crippen LogP) is 7.90. The Balaban J connectivity index is 2.13. The lowest BCUT2D eigenvalue weighted by Crippen LogP contribution is -2.12. The Morgan fingerprint density at radius 2 is 1.61 bits per heavy atom. The molecule has 2 N–H and O–H groups in total. The molecular formula is C25H21Cl2F3N2O. The zero-order chi connectivity index (χ0) is 23.9. The smallest absolute Gasteiger partial charge is 0.416 e. The number of rotatable bonds is 5. The highest BCUT2D eigenvalue weighted by Gasteiger charge is 2.36. The van der Waals surface area contributed by atoms with Gasteiger partial charge < -0.3 is 5.11 Å². The molecule has 1 aromatic heterocycles. The average Bonchev–Trinajstić information content (AvgIpc) is 3.19. The summed E-state index contributed by atoms with van der Waals surface area (Å²) in [4.78, 5) is 0. The first-order valence-electron chi connectivity index (χ1n) is 10.5. The lowest BCUT2D eigenvalue weighted by molar-refractivity contribution is -0.137. The lowest BCUT2D eigenvalue weighted by atomic mass is 9.80. The quantitative estimate of drug-likeness (QED) is 0.297. The zero-order valence-electron chi connectivity index (χ0n) is 17.9. The highest BCUT2D eigenvalue weighted by Crippen LogP contribution is 2.48. The molecule has 0 aliphatic heterocycles. The van der Waals surface area contributed by atoms with Crippen LogP contribution in [-0.4, -0.2) is 15.3 Å². The van der Waals surface area contributed by atoms with Gasteiger partial charge in [0.25, 0.3) is 0 Å². The zero-order valence-corrected chi connectivity index (χ0v) is 19.4. The summed E-state index contributed by atoms with van der Waals surface area (Å²) >= 11 is 13.0.